The predicted octanol–water partition coefficient (Wildman–Crippen LogP) is 1.97. The van der Waals surface area contributed by atoms with E-state index in [1.165, 1.54) is 12.0 Å². The Balaban J connectivity index is 3.91. The van der Waals surface area contributed by atoms with Crippen LogP contribution >= 0.6 is 0 Å². The van der Waals surface area contributed by atoms with Gasteiger partial charge in [-0.15, -0.1) is 0 Å². The molecule has 0 heterocycles. The van der Waals surface area contributed by atoms with Gasteiger partial charge in [0.15, 0.2) is 6.40 Å². The van der Waals surface area contributed by atoms with Crippen LogP contribution in [0.4, 0.5) is 0 Å². The summed E-state index contributed by atoms with van der Waals surface area (Å²) in [6.07, 6.45) is 1.43. The lowest BCUT2D eigenvalue weighted by molar-refractivity contribution is 0.422. The summed E-state index contributed by atoms with van der Waals surface area (Å²) in [6.45, 7) is 5.98. The van der Waals surface area contributed by atoms with Crippen LogP contribution in [0.3, 0.4) is 0 Å². The van der Waals surface area contributed by atoms with E-state index in [4.69, 9.17) is 0 Å². The summed E-state index contributed by atoms with van der Waals surface area (Å²) in [5.41, 5.74) is 2.22. The Morgan fingerprint density at radius 3 is 2.22 bits per heavy atom. The van der Waals surface area contributed by atoms with Crippen molar-refractivity contribution in [2.45, 2.75) is 20.8 Å². The summed E-state index contributed by atoms with van der Waals surface area (Å²) >= 11 is 0. The van der Waals surface area contributed by atoms with Gasteiger partial charge in [-0.3, -0.25) is 0 Å². The van der Waals surface area contributed by atoms with Crippen molar-refractivity contribution in [3.8, 4) is 0 Å². The van der Waals surface area contributed by atoms with Crippen LogP contribution in [0.2, 0.25) is 0 Å². The summed E-state index contributed by atoms with van der Waals surface area (Å²) < 4.78 is 4.64. The highest BCUT2D eigenvalue weighted by Gasteiger charge is 1.83. The molecule has 0 aromatic heterocycles. The van der Waals surface area contributed by atoms with E-state index < -0.39 is 0 Å². The van der Waals surface area contributed by atoms with Crippen molar-refractivity contribution in [3.63, 3.8) is 0 Å². The minimum absolute atomic E-state index is 1.01. The van der Waals surface area contributed by atoms with Crippen LogP contribution in [0, 0.1) is 0 Å². The second kappa shape index (κ2) is 4.13. The van der Waals surface area contributed by atoms with E-state index in [0.29, 0.717) is 0 Å². The van der Waals surface area contributed by atoms with Crippen molar-refractivity contribution in [1.29, 1.82) is 0 Å². The van der Waals surface area contributed by atoms with Gasteiger partial charge in [-0.25, -0.2) is 4.99 Å². The minimum Gasteiger partial charge on any atom is -0.486 e. The summed E-state index contributed by atoms with van der Waals surface area (Å²) in [5.74, 6) is 0. The summed E-state index contributed by atoms with van der Waals surface area (Å²) in [6, 6.07) is 0. The van der Waals surface area contributed by atoms with Crippen LogP contribution < -0.4 is 0 Å². The van der Waals surface area contributed by atoms with Crippen LogP contribution in [-0.4, -0.2) is 13.5 Å². The molecular weight excluding hydrogens is 114 g/mol. The normalized spacial score (nSPS) is 9.78. The summed E-state index contributed by atoms with van der Waals surface area (Å²) in [5, 5.41) is 0. The molecule has 0 unspecified atom stereocenters. The molecule has 0 aliphatic carbocycles. The maximum absolute atomic E-state index is 4.64. The lowest BCUT2D eigenvalue weighted by Gasteiger charge is -1.92. The number of hydrogen-bond donors (Lipinski definition) is 0. The number of nitrogens with zero attached hydrogens (tertiary/aromatic N) is 1. The fraction of sp³-hybridized carbons (Fsp3) is 0.571. The molecule has 0 rings (SSSR count). The van der Waals surface area contributed by atoms with Gasteiger partial charge < -0.3 is 4.74 Å². The molecule has 0 N–H and O–H groups in total. The van der Waals surface area contributed by atoms with Crippen LogP contribution in [0.25, 0.3) is 0 Å². The van der Waals surface area contributed by atoms with Crippen molar-refractivity contribution in [2.75, 3.05) is 7.11 Å². The first kappa shape index (κ1) is 8.21. The standard InChI is InChI=1S/C7H13NO/c1-6(2)7(3)8-5-9-4/h5H,1-4H3. The lowest BCUT2D eigenvalue weighted by atomic mass is 10.3. The molecule has 0 fully saturated rings. The molecule has 0 aromatic carbocycles. The van der Waals surface area contributed by atoms with Crippen molar-refractivity contribution >= 4 is 6.40 Å². The molecule has 0 spiro atoms. The van der Waals surface area contributed by atoms with Crippen LogP contribution in [-0.2, 0) is 4.74 Å². The molecule has 0 saturated heterocycles. The molecule has 0 aliphatic rings. The molecule has 0 aromatic rings. The largest absolute Gasteiger partial charge is 0.486 e. The molecule has 2 heteroatoms. The van der Waals surface area contributed by atoms with Crippen LogP contribution in [0.5, 0.6) is 0 Å². The number of rotatable bonds is 2. The first-order valence-electron chi connectivity index (χ1n) is 2.88. The molecule has 0 radical (unpaired) electrons. The Morgan fingerprint density at radius 1 is 1.33 bits per heavy atom. The Kier molecular flexibility index (Phi) is 3.76. The van der Waals surface area contributed by atoms with Gasteiger partial charge in [0.1, 0.15) is 0 Å². The molecule has 2 nitrogen and oxygen atoms in total. The van der Waals surface area contributed by atoms with E-state index in [0.717, 1.165) is 5.70 Å². The van der Waals surface area contributed by atoms with Crippen molar-refractivity contribution in [1.82, 2.24) is 0 Å². The fourth-order valence-electron chi connectivity index (χ4n) is 0.261. The number of methoxy groups -OCH3 is 1. The highest BCUT2D eigenvalue weighted by atomic mass is 16.5. The van der Waals surface area contributed by atoms with Crippen molar-refractivity contribution in [2.24, 2.45) is 4.99 Å². The monoisotopic (exact) mass is 127 g/mol. The quantitative estimate of drug-likeness (QED) is 0.410. The Bertz CT molecular complexity index is 132. The highest BCUT2D eigenvalue weighted by Crippen LogP contribution is 2.01. The number of hydrogen-bond acceptors (Lipinski definition) is 2. The van der Waals surface area contributed by atoms with Gasteiger partial charge in [0.2, 0.25) is 0 Å². The summed E-state index contributed by atoms with van der Waals surface area (Å²) in [7, 11) is 1.59. The average Bonchev–Trinajstić information content (AvgIpc) is 1.82. The van der Waals surface area contributed by atoms with Gasteiger partial charge >= 0.3 is 0 Å². The van der Waals surface area contributed by atoms with E-state index in [2.05, 4.69) is 9.73 Å². The number of aliphatic imine (C=N–C) groups is 1. The zero-order valence-corrected chi connectivity index (χ0v) is 6.43. The Labute approximate surface area is 56.2 Å². The Hall–Kier alpha value is -0.790. The molecule has 9 heavy (non-hydrogen) atoms. The molecule has 0 amide bonds. The predicted molar refractivity (Wildman–Crippen MR) is 39.5 cm³/mol. The second-order valence-corrected chi connectivity index (χ2v) is 2.06. The molecular formula is C7H13NO. The third kappa shape index (κ3) is 3.76. The van der Waals surface area contributed by atoms with E-state index in [9.17, 15) is 0 Å². The van der Waals surface area contributed by atoms with Gasteiger partial charge in [-0.1, -0.05) is 5.57 Å². The van der Waals surface area contributed by atoms with Gasteiger partial charge in [0, 0.05) is 5.70 Å². The number of allylic oxidation sites excluding steroid dienone is 2. The maximum Gasteiger partial charge on any atom is 0.173 e. The van der Waals surface area contributed by atoms with Crippen LogP contribution in [0.1, 0.15) is 20.8 Å². The Morgan fingerprint density at radius 2 is 1.89 bits per heavy atom. The third-order valence-electron chi connectivity index (χ3n) is 1.08. The van der Waals surface area contributed by atoms with Crippen LogP contribution in [0.15, 0.2) is 16.3 Å². The lowest BCUT2D eigenvalue weighted by Crippen LogP contribution is -1.79. The van der Waals surface area contributed by atoms with E-state index in [-0.39, 0.29) is 0 Å². The van der Waals surface area contributed by atoms with Gasteiger partial charge in [0.05, 0.1) is 7.11 Å². The number of ether oxygens (including phenoxy) is 1. The SMILES string of the molecule is COC=NC(C)=C(C)C. The smallest absolute Gasteiger partial charge is 0.173 e. The molecule has 0 saturated carbocycles. The molecule has 0 atom stereocenters. The van der Waals surface area contributed by atoms with E-state index in [1.807, 2.05) is 20.8 Å². The van der Waals surface area contributed by atoms with Crippen molar-refractivity contribution in [3.05, 3.63) is 11.3 Å². The zero-order chi connectivity index (χ0) is 7.28. The average molecular weight is 127 g/mol. The maximum atomic E-state index is 4.64. The third-order valence-corrected chi connectivity index (χ3v) is 1.08. The molecule has 0 aliphatic heterocycles. The fourth-order valence-corrected chi connectivity index (χ4v) is 0.261. The molecule has 52 valence electrons. The minimum atomic E-state index is 1.01. The topological polar surface area (TPSA) is 21.6 Å². The first-order chi connectivity index (χ1) is 4.18. The van der Waals surface area contributed by atoms with E-state index >= 15 is 0 Å². The van der Waals surface area contributed by atoms with Gasteiger partial charge in [0.25, 0.3) is 0 Å². The van der Waals surface area contributed by atoms with E-state index in [1.54, 1.807) is 7.11 Å². The second-order valence-electron chi connectivity index (χ2n) is 2.06. The highest BCUT2D eigenvalue weighted by molar-refractivity contribution is 5.48. The first-order valence-corrected chi connectivity index (χ1v) is 2.88. The zero-order valence-electron chi connectivity index (χ0n) is 6.43. The van der Waals surface area contributed by atoms with Gasteiger partial charge in [-0.05, 0) is 20.8 Å². The molecule has 0 bridgehead atoms. The van der Waals surface area contributed by atoms with Gasteiger partial charge in [-0.2, -0.15) is 0 Å². The van der Waals surface area contributed by atoms with Crippen molar-refractivity contribution < 1.29 is 4.74 Å². The summed E-state index contributed by atoms with van der Waals surface area (Å²) in [4.78, 5) is 3.97.